The van der Waals surface area contributed by atoms with Crippen molar-refractivity contribution < 1.29 is 14.4 Å². The van der Waals surface area contributed by atoms with E-state index in [1.807, 2.05) is 12.1 Å². The van der Waals surface area contributed by atoms with Crippen molar-refractivity contribution in [1.82, 2.24) is 4.90 Å². The second-order valence-corrected chi connectivity index (χ2v) is 10.9. The van der Waals surface area contributed by atoms with Crippen LogP contribution in [0.15, 0.2) is 36.4 Å². The van der Waals surface area contributed by atoms with Crippen LogP contribution in [0.5, 0.6) is 0 Å². The van der Waals surface area contributed by atoms with Crippen molar-refractivity contribution in [2.75, 3.05) is 4.90 Å². The molecular formula is C28H34N2O3. The van der Waals surface area contributed by atoms with Gasteiger partial charge in [-0.3, -0.25) is 19.3 Å². The normalized spacial score (nSPS) is 31.9. The van der Waals surface area contributed by atoms with E-state index in [2.05, 4.69) is 17.1 Å². The van der Waals surface area contributed by atoms with Gasteiger partial charge in [0.2, 0.25) is 11.8 Å². The Hall–Kier alpha value is -2.43. The quantitative estimate of drug-likeness (QED) is 0.477. The number of hydrogen-bond acceptors (Lipinski definition) is 3. The third-order valence-corrected chi connectivity index (χ3v) is 9.01. The van der Waals surface area contributed by atoms with Crippen LogP contribution in [0, 0.1) is 23.7 Å². The number of fused-ring (bicyclic) bond motifs is 5. The first-order valence-corrected chi connectivity index (χ1v) is 13.1. The number of amides is 3. The van der Waals surface area contributed by atoms with E-state index in [1.54, 1.807) is 12.1 Å². The van der Waals surface area contributed by atoms with Crippen LogP contribution in [0.1, 0.15) is 81.0 Å². The standard InChI is InChI=1S/C28H34N2O3/c31-26(29(21-7-3-1-4-8-21)22-9-5-2-6-10-22)18-13-15-23(16-14-18)30-27(32)24-19-11-12-20(17-19)25(24)28(30)33/h11-16,19-22,24-25H,1-10,17H2. The molecule has 0 N–H and O–H groups in total. The van der Waals surface area contributed by atoms with Gasteiger partial charge >= 0.3 is 0 Å². The molecule has 1 saturated heterocycles. The van der Waals surface area contributed by atoms with Crippen molar-refractivity contribution in [1.29, 1.82) is 0 Å². The van der Waals surface area contributed by atoms with Gasteiger partial charge in [-0.1, -0.05) is 50.7 Å². The maximum absolute atomic E-state index is 13.7. The lowest BCUT2D eigenvalue weighted by Gasteiger charge is -2.42. The summed E-state index contributed by atoms with van der Waals surface area (Å²) >= 11 is 0. The van der Waals surface area contributed by atoms with Crippen LogP contribution in [-0.2, 0) is 9.59 Å². The second kappa shape index (κ2) is 8.41. The summed E-state index contributed by atoms with van der Waals surface area (Å²) in [6.45, 7) is 0. The number of anilines is 1. The molecule has 4 atom stereocenters. The molecule has 3 amide bonds. The number of hydrogen-bond donors (Lipinski definition) is 0. The zero-order valence-electron chi connectivity index (χ0n) is 19.3. The summed E-state index contributed by atoms with van der Waals surface area (Å²) in [7, 11) is 0. The molecule has 0 radical (unpaired) electrons. The Labute approximate surface area is 196 Å². The maximum atomic E-state index is 13.7. The molecule has 0 spiro atoms. The van der Waals surface area contributed by atoms with Gasteiger partial charge in [-0.05, 0) is 68.2 Å². The summed E-state index contributed by atoms with van der Waals surface area (Å²) in [4.78, 5) is 43.6. The van der Waals surface area contributed by atoms with Crippen molar-refractivity contribution in [3.8, 4) is 0 Å². The molecule has 4 aliphatic carbocycles. The van der Waals surface area contributed by atoms with Crippen molar-refractivity contribution in [3.05, 3.63) is 42.0 Å². The first-order valence-electron chi connectivity index (χ1n) is 13.1. The largest absolute Gasteiger partial charge is 0.333 e. The molecule has 6 rings (SSSR count). The van der Waals surface area contributed by atoms with E-state index in [-0.39, 0.29) is 41.4 Å². The molecule has 174 valence electrons. The lowest BCUT2D eigenvalue weighted by atomic mass is 9.85. The minimum Gasteiger partial charge on any atom is -0.333 e. The average molecular weight is 447 g/mol. The van der Waals surface area contributed by atoms with Gasteiger partial charge in [-0.25, -0.2) is 0 Å². The van der Waals surface area contributed by atoms with Crippen LogP contribution in [-0.4, -0.2) is 34.7 Å². The Morgan fingerprint density at radius 2 is 1.21 bits per heavy atom. The van der Waals surface area contributed by atoms with Gasteiger partial charge < -0.3 is 4.90 Å². The molecule has 4 fully saturated rings. The zero-order chi connectivity index (χ0) is 22.5. The molecule has 5 heteroatoms. The molecule has 5 nitrogen and oxygen atoms in total. The number of nitrogens with zero attached hydrogens (tertiary/aromatic N) is 2. The van der Waals surface area contributed by atoms with E-state index in [1.165, 1.54) is 43.4 Å². The first kappa shape index (κ1) is 21.1. The minimum absolute atomic E-state index is 0.0630. The topological polar surface area (TPSA) is 57.7 Å². The van der Waals surface area contributed by atoms with Crippen LogP contribution < -0.4 is 4.90 Å². The fourth-order valence-corrected chi connectivity index (χ4v) is 7.41. The Morgan fingerprint density at radius 3 is 1.70 bits per heavy atom. The summed E-state index contributed by atoms with van der Waals surface area (Å²) in [5.41, 5.74) is 1.29. The summed E-state index contributed by atoms with van der Waals surface area (Å²) in [5.74, 6) is 0.0324. The predicted molar refractivity (Wildman–Crippen MR) is 127 cm³/mol. The Balaban J connectivity index is 1.23. The van der Waals surface area contributed by atoms with Gasteiger partial charge in [0.25, 0.3) is 5.91 Å². The molecule has 2 bridgehead atoms. The van der Waals surface area contributed by atoms with Crippen molar-refractivity contribution >= 4 is 23.4 Å². The van der Waals surface area contributed by atoms with E-state index in [4.69, 9.17) is 0 Å². The molecule has 5 aliphatic rings. The summed E-state index contributed by atoms with van der Waals surface area (Å²) < 4.78 is 0. The Bertz CT molecular complexity index is 923. The summed E-state index contributed by atoms with van der Waals surface area (Å²) in [6, 6.07) is 7.96. The molecule has 33 heavy (non-hydrogen) atoms. The summed E-state index contributed by atoms with van der Waals surface area (Å²) in [5, 5.41) is 0. The SMILES string of the molecule is O=C1C2C3C=CC(C3)C2C(=O)N1c1ccc(C(=O)N(C2CCCCC2)C2CCCCC2)cc1. The predicted octanol–water partition coefficient (Wildman–Crippen LogP) is 5.11. The molecule has 1 heterocycles. The Morgan fingerprint density at radius 1 is 0.727 bits per heavy atom. The lowest BCUT2D eigenvalue weighted by Crippen LogP contribution is -2.48. The highest BCUT2D eigenvalue weighted by Crippen LogP contribution is 2.53. The van der Waals surface area contributed by atoms with E-state index in [0.717, 1.165) is 32.1 Å². The van der Waals surface area contributed by atoms with Crippen LogP contribution in [0.3, 0.4) is 0 Å². The van der Waals surface area contributed by atoms with Crippen LogP contribution in [0.2, 0.25) is 0 Å². The third kappa shape index (κ3) is 3.46. The maximum Gasteiger partial charge on any atom is 0.254 e. The van der Waals surface area contributed by atoms with Crippen molar-refractivity contribution in [2.24, 2.45) is 23.7 Å². The number of carbonyl (C=O) groups is 3. The van der Waals surface area contributed by atoms with Gasteiger partial charge in [-0.15, -0.1) is 0 Å². The first-order chi connectivity index (χ1) is 16.1. The fraction of sp³-hybridized carbons (Fsp3) is 0.607. The smallest absolute Gasteiger partial charge is 0.254 e. The van der Waals surface area contributed by atoms with Gasteiger partial charge in [0.05, 0.1) is 17.5 Å². The average Bonchev–Trinajstić information content (AvgIpc) is 3.54. The molecular weight excluding hydrogens is 412 g/mol. The fourth-order valence-electron chi connectivity index (χ4n) is 7.41. The second-order valence-electron chi connectivity index (χ2n) is 10.9. The monoisotopic (exact) mass is 446 g/mol. The Kier molecular flexibility index (Phi) is 5.38. The van der Waals surface area contributed by atoms with Crippen LogP contribution in [0.25, 0.3) is 0 Å². The van der Waals surface area contributed by atoms with Gasteiger partial charge in [-0.2, -0.15) is 0 Å². The summed E-state index contributed by atoms with van der Waals surface area (Å²) in [6.07, 6.45) is 17.0. The highest BCUT2D eigenvalue weighted by molar-refractivity contribution is 6.22. The molecule has 1 aliphatic heterocycles. The highest BCUT2D eigenvalue weighted by Gasteiger charge is 2.59. The number of carbonyl (C=O) groups excluding carboxylic acids is 3. The van der Waals surface area contributed by atoms with Crippen LogP contribution >= 0.6 is 0 Å². The highest BCUT2D eigenvalue weighted by atomic mass is 16.2. The third-order valence-electron chi connectivity index (χ3n) is 9.01. The number of benzene rings is 1. The van der Waals surface area contributed by atoms with Crippen molar-refractivity contribution in [2.45, 2.75) is 82.7 Å². The minimum atomic E-state index is -0.193. The van der Waals surface area contributed by atoms with Gasteiger partial charge in [0, 0.05) is 17.6 Å². The molecule has 0 aromatic heterocycles. The van der Waals surface area contributed by atoms with E-state index in [0.29, 0.717) is 23.3 Å². The van der Waals surface area contributed by atoms with E-state index in [9.17, 15) is 14.4 Å². The van der Waals surface area contributed by atoms with E-state index >= 15 is 0 Å². The lowest BCUT2D eigenvalue weighted by molar-refractivity contribution is -0.123. The van der Waals surface area contributed by atoms with Crippen molar-refractivity contribution in [3.63, 3.8) is 0 Å². The molecule has 1 aromatic rings. The van der Waals surface area contributed by atoms with E-state index < -0.39 is 0 Å². The van der Waals surface area contributed by atoms with Gasteiger partial charge in [0.1, 0.15) is 0 Å². The van der Waals surface area contributed by atoms with Gasteiger partial charge in [0.15, 0.2) is 0 Å². The molecule has 1 aromatic carbocycles. The number of imide groups is 1. The number of allylic oxidation sites excluding steroid dienone is 2. The van der Waals surface area contributed by atoms with Crippen LogP contribution in [0.4, 0.5) is 5.69 Å². The molecule has 3 saturated carbocycles. The number of rotatable bonds is 4. The molecule has 4 unspecified atom stereocenters. The zero-order valence-corrected chi connectivity index (χ0v) is 19.3.